The van der Waals surface area contributed by atoms with Crippen molar-refractivity contribution in [1.29, 1.82) is 0 Å². The van der Waals surface area contributed by atoms with Crippen LogP contribution in [0.2, 0.25) is 0 Å². The van der Waals surface area contributed by atoms with Gasteiger partial charge in [-0.15, -0.1) is 0 Å². The van der Waals surface area contributed by atoms with Crippen LogP contribution >= 0.6 is 0 Å². The van der Waals surface area contributed by atoms with Crippen molar-refractivity contribution in [1.82, 2.24) is 4.90 Å². The van der Waals surface area contributed by atoms with E-state index in [1.807, 2.05) is 0 Å². The number of ketones is 1. The van der Waals surface area contributed by atoms with Gasteiger partial charge in [-0.2, -0.15) is 0 Å². The Balaban J connectivity index is 2.83. The van der Waals surface area contributed by atoms with Crippen LogP contribution in [0.5, 0.6) is 0 Å². The van der Waals surface area contributed by atoms with Crippen LogP contribution in [0.25, 0.3) is 0 Å². The zero-order chi connectivity index (χ0) is 12.1. The molecule has 2 heteroatoms. The third-order valence-electron chi connectivity index (χ3n) is 2.71. The van der Waals surface area contributed by atoms with E-state index in [1.54, 1.807) is 13.0 Å². The van der Waals surface area contributed by atoms with Crippen LogP contribution in [0, 0.1) is 0 Å². The van der Waals surface area contributed by atoms with Gasteiger partial charge in [-0.25, -0.2) is 0 Å². The average molecular weight is 219 g/mol. The topological polar surface area (TPSA) is 20.3 Å². The van der Waals surface area contributed by atoms with Crippen molar-refractivity contribution >= 4 is 5.78 Å². The highest BCUT2D eigenvalue weighted by Gasteiger charge is 2.12. The number of carbonyl (C=O) groups is 1. The molecule has 0 aromatic rings. The number of rotatable bonds is 4. The minimum atomic E-state index is 0.102. The molecule has 1 aliphatic rings. The van der Waals surface area contributed by atoms with E-state index in [1.165, 1.54) is 24.2 Å². The predicted octanol–water partition coefficient (Wildman–Crippen LogP) is 3.43. The lowest BCUT2D eigenvalue weighted by molar-refractivity contribution is -0.112. The third-order valence-corrected chi connectivity index (χ3v) is 2.71. The second-order valence-corrected chi connectivity index (χ2v) is 4.33. The summed E-state index contributed by atoms with van der Waals surface area (Å²) in [7, 11) is 0. The van der Waals surface area contributed by atoms with Crippen LogP contribution < -0.4 is 0 Å². The molecule has 0 unspecified atom stereocenters. The highest BCUT2D eigenvalue weighted by Crippen LogP contribution is 2.22. The molecule has 0 aromatic heterocycles. The summed E-state index contributed by atoms with van der Waals surface area (Å²) >= 11 is 0. The molecular weight excluding hydrogens is 198 g/mol. The zero-order valence-corrected chi connectivity index (χ0v) is 10.7. The Labute approximate surface area is 98.3 Å². The van der Waals surface area contributed by atoms with Crippen molar-refractivity contribution in [2.75, 3.05) is 6.54 Å². The Bertz CT molecular complexity index is 339. The summed E-state index contributed by atoms with van der Waals surface area (Å²) in [4.78, 5) is 13.3. The lowest BCUT2D eigenvalue weighted by Gasteiger charge is -2.29. The van der Waals surface area contributed by atoms with Crippen molar-refractivity contribution in [3.05, 3.63) is 35.2 Å². The summed E-state index contributed by atoms with van der Waals surface area (Å²) in [6.45, 7) is 9.04. The summed E-state index contributed by atoms with van der Waals surface area (Å²) in [6, 6.07) is 0. The fourth-order valence-corrected chi connectivity index (χ4v) is 1.95. The first kappa shape index (κ1) is 12.8. The molecule has 1 aliphatic heterocycles. The molecule has 0 bridgehead atoms. The highest BCUT2D eigenvalue weighted by atomic mass is 16.1. The molecule has 0 fully saturated rings. The molecule has 0 aromatic carbocycles. The van der Waals surface area contributed by atoms with Gasteiger partial charge in [-0.1, -0.05) is 13.3 Å². The van der Waals surface area contributed by atoms with Crippen LogP contribution in [0.3, 0.4) is 0 Å². The van der Waals surface area contributed by atoms with Gasteiger partial charge >= 0.3 is 0 Å². The molecule has 0 N–H and O–H groups in total. The molecule has 1 heterocycles. The molecule has 2 nitrogen and oxygen atoms in total. The van der Waals surface area contributed by atoms with Gasteiger partial charge in [0.25, 0.3) is 0 Å². The maximum atomic E-state index is 11.0. The van der Waals surface area contributed by atoms with Gasteiger partial charge in [0.2, 0.25) is 0 Å². The predicted molar refractivity (Wildman–Crippen MR) is 67.9 cm³/mol. The van der Waals surface area contributed by atoms with E-state index >= 15 is 0 Å². The second kappa shape index (κ2) is 5.69. The molecule has 0 radical (unpaired) electrons. The Morgan fingerprint density at radius 1 is 1.31 bits per heavy atom. The number of carbonyl (C=O) groups excluding carboxylic acids is 1. The largest absolute Gasteiger partial charge is 0.349 e. The second-order valence-electron chi connectivity index (χ2n) is 4.33. The van der Waals surface area contributed by atoms with Gasteiger partial charge in [0.15, 0.2) is 5.78 Å². The Hall–Kier alpha value is -1.31. The lowest BCUT2D eigenvalue weighted by Crippen LogP contribution is -2.23. The molecule has 0 amide bonds. The number of allylic oxidation sites excluding steroid dienone is 6. The third kappa shape index (κ3) is 3.37. The maximum absolute atomic E-state index is 11.0. The van der Waals surface area contributed by atoms with Crippen LogP contribution in [0.1, 0.15) is 40.5 Å². The fraction of sp³-hybridized carbons (Fsp3) is 0.500. The first-order valence-corrected chi connectivity index (χ1v) is 5.91. The van der Waals surface area contributed by atoms with Crippen molar-refractivity contribution in [2.24, 2.45) is 0 Å². The normalized spacial score (nSPS) is 15.8. The lowest BCUT2D eigenvalue weighted by atomic mass is 10.1. The standard InChI is InChI=1S/C14H21NO/c1-5-6-7-15-11(2)8-14(9-12(15)3)10-13(4)16/h8-10H,5-7H2,1-4H3. The van der Waals surface area contributed by atoms with Gasteiger partial charge in [0, 0.05) is 17.9 Å². The smallest absolute Gasteiger partial charge is 0.153 e. The number of hydrogen-bond donors (Lipinski definition) is 0. The number of unbranched alkanes of at least 4 members (excludes halogenated alkanes) is 1. The minimum Gasteiger partial charge on any atom is -0.349 e. The van der Waals surface area contributed by atoms with Crippen molar-refractivity contribution in [2.45, 2.75) is 40.5 Å². The van der Waals surface area contributed by atoms with E-state index in [4.69, 9.17) is 0 Å². The molecule has 16 heavy (non-hydrogen) atoms. The fourth-order valence-electron chi connectivity index (χ4n) is 1.95. The van der Waals surface area contributed by atoms with E-state index in [-0.39, 0.29) is 5.78 Å². The van der Waals surface area contributed by atoms with E-state index in [0.717, 1.165) is 12.1 Å². The van der Waals surface area contributed by atoms with E-state index in [0.29, 0.717) is 0 Å². The Kier molecular flexibility index (Phi) is 4.53. The molecule has 0 saturated heterocycles. The van der Waals surface area contributed by atoms with E-state index in [9.17, 15) is 4.79 Å². The molecule has 0 atom stereocenters. The number of nitrogens with zero attached hydrogens (tertiary/aromatic N) is 1. The quantitative estimate of drug-likeness (QED) is 0.675. The Morgan fingerprint density at radius 3 is 2.31 bits per heavy atom. The maximum Gasteiger partial charge on any atom is 0.153 e. The van der Waals surface area contributed by atoms with Gasteiger partial charge in [0.05, 0.1) is 0 Å². The first-order chi connectivity index (χ1) is 7.54. The summed E-state index contributed by atoms with van der Waals surface area (Å²) in [6.07, 6.45) is 8.23. The zero-order valence-electron chi connectivity index (χ0n) is 10.7. The molecule has 0 spiro atoms. The van der Waals surface area contributed by atoms with Gasteiger partial charge in [-0.3, -0.25) is 4.79 Å². The summed E-state index contributed by atoms with van der Waals surface area (Å²) in [5, 5.41) is 0. The molecule has 88 valence electrons. The van der Waals surface area contributed by atoms with Crippen molar-refractivity contribution in [3.8, 4) is 0 Å². The molecule has 0 saturated carbocycles. The van der Waals surface area contributed by atoms with Crippen LogP contribution in [-0.2, 0) is 4.79 Å². The van der Waals surface area contributed by atoms with Crippen molar-refractivity contribution < 1.29 is 4.79 Å². The van der Waals surface area contributed by atoms with Crippen LogP contribution in [0.15, 0.2) is 35.2 Å². The summed E-state index contributed by atoms with van der Waals surface area (Å²) in [5.74, 6) is 0.102. The average Bonchev–Trinajstić information content (AvgIpc) is 2.15. The molecule has 0 aliphatic carbocycles. The van der Waals surface area contributed by atoms with Crippen LogP contribution in [0.4, 0.5) is 0 Å². The molecule has 1 rings (SSSR count). The first-order valence-electron chi connectivity index (χ1n) is 5.91. The van der Waals surface area contributed by atoms with Gasteiger partial charge in [-0.05, 0) is 51.0 Å². The minimum absolute atomic E-state index is 0.102. The van der Waals surface area contributed by atoms with Gasteiger partial charge in [0.1, 0.15) is 0 Å². The SMILES string of the molecule is CCCCN1C(C)=CC(=CC(C)=O)C=C1C. The Morgan fingerprint density at radius 2 is 1.88 bits per heavy atom. The number of hydrogen-bond acceptors (Lipinski definition) is 2. The van der Waals surface area contributed by atoms with Gasteiger partial charge < -0.3 is 4.90 Å². The monoisotopic (exact) mass is 219 g/mol. The van der Waals surface area contributed by atoms with E-state index in [2.05, 4.69) is 37.8 Å². The highest BCUT2D eigenvalue weighted by molar-refractivity contribution is 5.89. The van der Waals surface area contributed by atoms with Crippen LogP contribution in [-0.4, -0.2) is 17.2 Å². The van der Waals surface area contributed by atoms with Crippen molar-refractivity contribution in [3.63, 3.8) is 0 Å². The summed E-state index contributed by atoms with van der Waals surface area (Å²) in [5.41, 5.74) is 3.46. The molecular formula is C14H21NO. The van der Waals surface area contributed by atoms with E-state index < -0.39 is 0 Å². The summed E-state index contributed by atoms with van der Waals surface area (Å²) < 4.78 is 0.